The lowest BCUT2D eigenvalue weighted by Gasteiger charge is -2.19. The zero-order chi connectivity index (χ0) is 14.7. The van der Waals surface area contributed by atoms with Gasteiger partial charge in [0.05, 0.1) is 6.61 Å². The van der Waals surface area contributed by atoms with E-state index in [0.29, 0.717) is 12.4 Å². The quantitative estimate of drug-likeness (QED) is 0.910. The van der Waals surface area contributed by atoms with Crippen LogP contribution in [0.15, 0.2) is 42.5 Å². The van der Waals surface area contributed by atoms with Gasteiger partial charge in [-0.2, -0.15) is 0 Å². The van der Waals surface area contributed by atoms with Crippen LogP contribution in [0, 0.1) is 0 Å². The monoisotopic (exact) mass is 283 g/mol. The molecule has 3 rings (SSSR count). The zero-order valence-corrected chi connectivity index (χ0v) is 12.3. The molecule has 1 heterocycles. The zero-order valence-electron chi connectivity index (χ0n) is 12.3. The predicted molar refractivity (Wildman–Crippen MR) is 83.7 cm³/mol. The van der Waals surface area contributed by atoms with Crippen LogP contribution in [0.3, 0.4) is 0 Å². The van der Waals surface area contributed by atoms with Crippen LogP contribution >= 0.6 is 0 Å². The molecule has 1 aliphatic rings. The van der Waals surface area contributed by atoms with E-state index in [0.717, 1.165) is 25.1 Å². The van der Waals surface area contributed by atoms with Crippen LogP contribution in [0.4, 0.5) is 0 Å². The summed E-state index contributed by atoms with van der Waals surface area (Å²) in [7, 11) is 1.65. The van der Waals surface area contributed by atoms with Crippen molar-refractivity contribution in [2.75, 3.05) is 20.2 Å². The van der Waals surface area contributed by atoms with Crippen molar-refractivity contribution in [1.29, 1.82) is 0 Å². The van der Waals surface area contributed by atoms with E-state index >= 15 is 0 Å². The fraction of sp³-hybridized carbons (Fsp3) is 0.333. The Hall–Kier alpha value is -1.84. The van der Waals surface area contributed by atoms with Crippen LogP contribution in [0.25, 0.3) is 0 Å². The van der Waals surface area contributed by atoms with Crippen LogP contribution in [0.1, 0.15) is 28.2 Å². The lowest BCUT2D eigenvalue weighted by Crippen LogP contribution is -2.20. The molecule has 0 saturated heterocycles. The standard InChI is InChI=1S/C18H21NO2/c1-21-12-15-9-14-7-8-19-11-17(16(14)10-18(15)20)13-5-3-2-4-6-13/h2-6,9-10,17,19-20H,7-8,11-12H2,1H3. The summed E-state index contributed by atoms with van der Waals surface area (Å²) in [5, 5.41) is 13.8. The van der Waals surface area contributed by atoms with Crippen molar-refractivity contribution in [3.63, 3.8) is 0 Å². The average molecular weight is 283 g/mol. The summed E-state index contributed by atoms with van der Waals surface area (Å²) in [5.41, 5.74) is 4.68. The number of phenolic OH excluding ortho intramolecular Hbond substituents is 1. The molecule has 2 aromatic rings. The van der Waals surface area contributed by atoms with Crippen LogP contribution in [0.2, 0.25) is 0 Å². The van der Waals surface area contributed by atoms with Gasteiger partial charge in [0.15, 0.2) is 0 Å². The SMILES string of the molecule is COCc1cc2c(cc1O)C(c1ccccc1)CNCC2. The van der Waals surface area contributed by atoms with Gasteiger partial charge in [-0.05, 0) is 41.8 Å². The van der Waals surface area contributed by atoms with E-state index in [2.05, 4.69) is 35.6 Å². The van der Waals surface area contributed by atoms with E-state index in [1.807, 2.05) is 12.1 Å². The van der Waals surface area contributed by atoms with Crippen LogP contribution in [0.5, 0.6) is 5.75 Å². The van der Waals surface area contributed by atoms with Crippen molar-refractivity contribution in [3.8, 4) is 5.75 Å². The fourth-order valence-electron chi connectivity index (χ4n) is 3.07. The van der Waals surface area contributed by atoms with Crippen molar-refractivity contribution in [2.45, 2.75) is 18.9 Å². The molecule has 2 N–H and O–H groups in total. The number of aromatic hydroxyl groups is 1. The molecule has 0 bridgehead atoms. The summed E-state index contributed by atoms with van der Waals surface area (Å²) in [6.07, 6.45) is 0.982. The van der Waals surface area contributed by atoms with Crippen LogP contribution < -0.4 is 5.32 Å². The van der Waals surface area contributed by atoms with Gasteiger partial charge in [-0.25, -0.2) is 0 Å². The summed E-state index contributed by atoms with van der Waals surface area (Å²) < 4.78 is 5.17. The first-order valence-corrected chi connectivity index (χ1v) is 7.39. The summed E-state index contributed by atoms with van der Waals surface area (Å²) in [5.74, 6) is 0.615. The van der Waals surface area contributed by atoms with Crippen LogP contribution in [-0.4, -0.2) is 25.3 Å². The fourth-order valence-corrected chi connectivity index (χ4v) is 3.07. The Morgan fingerprint density at radius 2 is 2.05 bits per heavy atom. The third kappa shape index (κ3) is 2.94. The van der Waals surface area contributed by atoms with E-state index < -0.39 is 0 Å². The van der Waals surface area contributed by atoms with Crippen molar-refractivity contribution < 1.29 is 9.84 Å². The normalized spacial score (nSPS) is 18.0. The molecule has 2 aromatic carbocycles. The minimum atomic E-state index is 0.284. The number of hydrogen-bond donors (Lipinski definition) is 2. The maximum Gasteiger partial charge on any atom is 0.121 e. The largest absolute Gasteiger partial charge is 0.508 e. The number of rotatable bonds is 3. The summed E-state index contributed by atoms with van der Waals surface area (Å²) in [6.45, 7) is 2.32. The first-order valence-electron chi connectivity index (χ1n) is 7.39. The Labute approximate surface area is 125 Å². The van der Waals surface area contributed by atoms with Crippen molar-refractivity contribution >= 4 is 0 Å². The topological polar surface area (TPSA) is 41.5 Å². The predicted octanol–water partition coefficient (Wildman–Crippen LogP) is 2.82. The van der Waals surface area contributed by atoms with Gasteiger partial charge in [-0.3, -0.25) is 0 Å². The molecule has 110 valence electrons. The minimum absolute atomic E-state index is 0.284. The number of nitrogens with one attached hydrogen (secondary N) is 1. The van der Waals surface area contributed by atoms with Crippen molar-refractivity contribution in [2.24, 2.45) is 0 Å². The highest BCUT2D eigenvalue weighted by Crippen LogP contribution is 2.33. The molecule has 21 heavy (non-hydrogen) atoms. The molecule has 1 atom stereocenters. The Kier molecular flexibility index (Phi) is 4.23. The third-order valence-corrected chi connectivity index (χ3v) is 4.14. The molecule has 0 amide bonds. The average Bonchev–Trinajstić information content (AvgIpc) is 2.71. The molecule has 3 heteroatoms. The van der Waals surface area contributed by atoms with E-state index in [1.54, 1.807) is 7.11 Å². The van der Waals surface area contributed by atoms with Gasteiger partial charge in [0, 0.05) is 25.1 Å². The second-order valence-electron chi connectivity index (χ2n) is 5.53. The van der Waals surface area contributed by atoms with Gasteiger partial charge >= 0.3 is 0 Å². The van der Waals surface area contributed by atoms with Crippen molar-refractivity contribution in [3.05, 3.63) is 64.7 Å². The number of hydrogen-bond acceptors (Lipinski definition) is 3. The van der Waals surface area contributed by atoms with E-state index in [1.165, 1.54) is 16.7 Å². The van der Waals surface area contributed by atoms with E-state index in [-0.39, 0.29) is 5.92 Å². The number of benzene rings is 2. The van der Waals surface area contributed by atoms with Crippen molar-refractivity contribution in [1.82, 2.24) is 5.32 Å². The smallest absolute Gasteiger partial charge is 0.121 e. The van der Waals surface area contributed by atoms with Gasteiger partial charge in [0.2, 0.25) is 0 Å². The van der Waals surface area contributed by atoms with Gasteiger partial charge in [-0.15, -0.1) is 0 Å². The van der Waals surface area contributed by atoms with Gasteiger partial charge in [0.25, 0.3) is 0 Å². The lowest BCUT2D eigenvalue weighted by atomic mass is 9.87. The molecule has 0 radical (unpaired) electrons. The van der Waals surface area contributed by atoms with Gasteiger partial charge in [-0.1, -0.05) is 30.3 Å². The second-order valence-corrected chi connectivity index (χ2v) is 5.53. The first kappa shape index (κ1) is 14.1. The van der Waals surface area contributed by atoms with Gasteiger partial charge < -0.3 is 15.2 Å². The number of ether oxygens (including phenoxy) is 1. The maximum absolute atomic E-state index is 10.3. The number of phenols is 1. The minimum Gasteiger partial charge on any atom is -0.508 e. The Bertz CT molecular complexity index is 610. The first-order chi connectivity index (χ1) is 10.3. The molecule has 1 aliphatic heterocycles. The molecular formula is C18H21NO2. The molecule has 0 spiro atoms. The summed E-state index contributed by atoms with van der Waals surface area (Å²) in [4.78, 5) is 0. The third-order valence-electron chi connectivity index (χ3n) is 4.14. The molecule has 1 unspecified atom stereocenters. The Balaban J connectivity index is 2.05. The lowest BCUT2D eigenvalue weighted by molar-refractivity contribution is 0.182. The van der Waals surface area contributed by atoms with Gasteiger partial charge in [0.1, 0.15) is 5.75 Å². The Morgan fingerprint density at radius 3 is 2.81 bits per heavy atom. The number of fused-ring (bicyclic) bond motifs is 1. The van der Waals surface area contributed by atoms with E-state index in [9.17, 15) is 5.11 Å². The van der Waals surface area contributed by atoms with Crippen LogP contribution in [-0.2, 0) is 17.8 Å². The summed E-state index contributed by atoms with van der Waals surface area (Å²) in [6, 6.07) is 14.5. The molecule has 3 nitrogen and oxygen atoms in total. The molecular weight excluding hydrogens is 262 g/mol. The maximum atomic E-state index is 10.3. The highest BCUT2D eigenvalue weighted by atomic mass is 16.5. The second kappa shape index (κ2) is 6.29. The molecule has 0 fully saturated rings. The number of methoxy groups -OCH3 is 1. The molecule has 0 saturated carbocycles. The highest BCUT2D eigenvalue weighted by Gasteiger charge is 2.21. The molecule has 0 aromatic heterocycles. The highest BCUT2D eigenvalue weighted by molar-refractivity contribution is 5.47. The molecule has 0 aliphatic carbocycles. The Morgan fingerprint density at radius 1 is 1.24 bits per heavy atom. The summed E-state index contributed by atoms with van der Waals surface area (Å²) >= 11 is 0. The van der Waals surface area contributed by atoms with E-state index in [4.69, 9.17) is 4.74 Å².